The first-order valence-electron chi connectivity index (χ1n) is 6.39. The largest absolute Gasteiger partial charge is 0.358 e. The number of hydrogen-bond acceptors (Lipinski definition) is 5. The van der Waals surface area contributed by atoms with Crippen molar-refractivity contribution in [2.24, 2.45) is 0 Å². The van der Waals surface area contributed by atoms with Crippen LogP contribution in [0.2, 0.25) is 0 Å². The Morgan fingerprint density at radius 3 is 2.77 bits per heavy atom. The molecule has 0 amide bonds. The maximum Gasteiger partial charge on any atom is 0.280 e. The third kappa shape index (κ3) is 2.34. The molecule has 0 bridgehead atoms. The number of sulfonamides is 1. The van der Waals surface area contributed by atoms with Gasteiger partial charge in [0.25, 0.3) is 10.0 Å². The number of fused-ring (bicyclic) bond motifs is 1. The first kappa shape index (κ1) is 14.6. The molecule has 0 radical (unpaired) electrons. The van der Waals surface area contributed by atoms with Gasteiger partial charge in [0.05, 0.1) is 16.8 Å². The van der Waals surface area contributed by atoms with Crippen LogP contribution < -0.4 is 4.72 Å². The maximum atomic E-state index is 12.4. The minimum atomic E-state index is -3.75. The molecule has 6 nitrogen and oxygen atoms in total. The van der Waals surface area contributed by atoms with Crippen LogP contribution >= 0.6 is 11.5 Å². The van der Waals surface area contributed by atoms with Crippen molar-refractivity contribution in [2.75, 3.05) is 4.72 Å². The number of anilines is 1. The van der Waals surface area contributed by atoms with Gasteiger partial charge in [0.1, 0.15) is 6.07 Å². The van der Waals surface area contributed by atoms with E-state index < -0.39 is 10.0 Å². The van der Waals surface area contributed by atoms with E-state index >= 15 is 0 Å². The van der Waals surface area contributed by atoms with E-state index in [0.717, 1.165) is 27.4 Å². The second-order valence-corrected chi connectivity index (χ2v) is 7.51. The summed E-state index contributed by atoms with van der Waals surface area (Å²) in [4.78, 5) is 3.78. The number of rotatable bonds is 3. The van der Waals surface area contributed by atoms with Crippen molar-refractivity contribution in [1.29, 1.82) is 5.26 Å². The fourth-order valence-corrected chi connectivity index (χ4v) is 4.19. The summed E-state index contributed by atoms with van der Waals surface area (Å²) >= 11 is 1.14. The normalized spacial score (nSPS) is 11.5. The average molecular weight is 332 g/mol. The van der Waals surface area contributed by atoms with Crippen molar-refractivity contribution in [3.63, 3.8) is 0 Å². The maximum absolute atomic E-state index is 12.4. The Labute approximate surface area is 131 Å². The van der Waals surface area contributed by atoms with E-state index in [9.17, 15) is 8.42 Å². The smallest absolute Gasteiger partial charge is 0.280 e. The molecule has 2 heterocycles. The van der Waals surface area contributed by atoms with Gasteiger partial charge >= 0.3 is 0 Å². The summed E-state index contributed by atoms with van der Waals surface area (Å²) in [6, 6.07) is 7.07. The zero-order valence-electron chi connectivity index (χ0n) is 11.8. The predicted molar refractivity (Wildman–Crippen MR) is 85.4 cm³/mol. The molecule has 8 heteroatoms. The summed E-state index contributed by atoms with van der Waals surface area (Å²) in [5.74, 6) is 0. The van der Waals surface area contributed by atoms with Crippen molar-refractivity contribution < 1.29 is 8.42 Å². The predicted octanol–water partition coefficient (Wildman–Crippen LogP) is 2.91. The zero-order valence-corrected chi connectivity index (χ0v) is 13.5. The average Bonchev–Trinajstić information content (AvgIpc) is 3.08. The molecule has 0 atom stereocenters. The van der Waals surface area contributed by atoms with Gasteiger partial charge in [-0.05, 0) is 43.1 Å². The number of aryl methyl sites for hydroxylation is 2. The fraction of sp³-hybridized carbons (Fsp3) is 0.143. The van der Waals surface area contributed by atoms with E-state index in [2.05, 4.69) is 20.1 Å². The van der Waals surface area contributed by atoms with Gasteiger partial charge in [-0.2, -0.15) is 18.1 Å². The van der Waals surface area contributed by atoms with Crippen LogP contribution in [0.5, 0.6) is 0 Å². The van der Waals surface area contributed by atoms with E-state index in [1.54, 1.807) is 25.3 Å². The number of nitrogens with one attached hydrogen (secondary N) is 2. The number of nitrogens with zero attached hydrogens (tertiary/aromatic N) is 2. The number of nitriles is 1. The molecule has 3 rings (SSSR count). The van der Waals surface area contributed by atoms with Gasteiger partial charge in [0.2, 0.25) is 0 Å². The van der Waals surface area contributed by atoms with E-state index in [1.807, 2.05) is 6.92 Å². The molecule has 3 aromatic rings. The molecule has 1 aromatic carbocycles. The lowest BCUT2D eigenvalue weighted by Crippen LogP contribution is -2.13. The summed E-state index contributed by atoms with van der Waals surface area (Å²) in [5, 5.41) is 9.85. The van der Waals surface area contributed by atoms with Gasteiger partial charge in [0.15, 0.2) is 5.03 Å². The molecule has 0 fully saturated rings. The first-order valence-corrected chi connectivity index (χ1v) is 8.65. The highest BCUT2D eigenvalue weighted by Gasteiger charge is 2.20. The molecule has 0 aliphatic carbocycles. The minimum absolute atomic E-state index is 0.00390. The summed E-state index contributed by atoms with van der Waals surface area (Å²) in [5.41, 5.74) is 2.37. The van der Waals surface area contributed by atoms with Crippen LogP contribution in [0.15, 0.2) is 29.4 Å². The van der Waals surface area contributed by atoms with Crippen molar-refractivity contribution >= 4 is 38.1 Å². The van der Waals surface area contributed by atoms with Gasteiger partial charge in [-0.25, -0.2) is 0 Å². The fourth-order valence-electron chi connectivity index (χ4n) is 2.26. The third-order valence-corrected chi connectivity index (χ3v) is 5.35. The quantitative estimate of drug-likeness (QED) is 0.770. The highest BCUT2D eigenvalue weighted by Crippen LogP contribution is 2.30. The molecule has 2 N–H and O–H groups in total. The Balaban J connectivity index is 2.11. The number of hydrogen-bond donors (Lipinski definition) is 2. The Morgan fingerprint density at radius 2 is 2.14 bits per heavy atom. The molecule has 22 heavy (non-hydrogen) atoms. The van der Waals surface area contributed by atoms with Crippen molar-refractivity contribution in [2.45, 2.75) is 18.9 Å². The van der Waals surface area contributed by atoms with Crippen LogP contribution in [-0.4, -0.2) is 17.8 Å². The molecule has 0 saturated carbocycles. The van der Waals surface area contributed by atoms with Gasteiger partial charge in [-0.1, -0.05) is 6.07 Å². The van der Waals surface area contributed by atoms with Crippen LogP contribution in [0.4, 0.5) is 5.69 Å². The highest BCUT2D eigenvalue weighted by atomic mass is 32.2. The van der Waals surface area contributed by atoms with Crippen LogP contribution in [-0.2, 0) is 10.0 Å². The summed E-state index contributed by atoms with van der Waals surface area (Å²) < 4.78 is 31.2. The van der Waals surface area contributed by atoms with Crippen LogP contribution in [0.3, 0.4) is 0 Å². The van der Waals surface area contributed by atoms with Crippen molar-refractivity contribution in [3.05, 3.63) is 40.4 Å². The van der Waals surface area contributed by atoms with Gasteiger partial charge in [-0.15, -0.1) is 0 Å². The summed E-state index contributed by atoms with van der Waals surface area (Å²) in [6.45, 7) is 3.67. The van der Waals surface area contributed by atoms with Gasteiger partial charge in [0, 0.05) is 16.5 Å². The highest BCUT2D eigenvalue weighted by molar-refractivity contribution is 7.92. The molecule has 0 spiro atoms. The monoisotopic (exact) mass is 332 g/mol. The van der Waals surface area contributed by atoms with E-state index in [0.29, 0.717) is 16.8 Å². The number of H-pyrrole nitrogens is 1. The number of aromatic amines is 1. The van der Waals surface area contributed by atoms with E-state index in [1.165, 1.54) is 6.07 Å². The summed E-state index contributed by atoms with van der Waals surface area (Å²) in [6.07, 6.45) is 1.57. The van der Waals surface area contributed by atoms with Crippen molar-refractivity contribution in [1.82, 2.24) is 9.36 Å². The lowest BCUT2D eigenvalue weighted by molar-refractivity contribution is 0.599. The Kier molecular flexibility index (Phi) is 3.39. The molecule has 0 aliphatic rings. The van der Waals surface area contributed by atoms with Gasteiger partial charge < -0.3 is 4.98 Å². The molecular weight excluding hydrogens is 320 g/mol. The van der Waals surface area contributed by atoms with Crippen LogP contribution in [0, 0.1) is 25.2 Å². The zero-order chi connectivity index (χ0) is 15.9. The van der Waals surface area contributed by atoms with Crippen LogP contribution in [0.1, 0.15) is 16.0 Å². The van der Waals surface area contributed by atoms with Crippen molar-refractivity contribution in [3.8, 4) is 6.07 Å². The Bertz CT molecular complexity index is 1010. The Hall–Kier alpha value is -2.37. The molecule has 2 aromatic heterocycles. The van der Waals surface area contributed by atoms with Crippen LogP contribution in [0.25, 0.3) is 10.9 Å². The second kappa shape index (κ2) is 5.12. The Morgan fingerprint density at radius 1 is 1.36 bits per heavy atom. The SMILES string of the molecule is Cc1cc(S(=O)(=O)Nc2ccc(C)c3c(C#N)c[nH]c23)ns1. The lowest BCUT2D eigenvalue weighted by atomic mass is 10.1. The molecule has 0 aliphatic heterocycles. The summed E-state index contributed by atoms with van der Waals surface area (Å²) in [7, 11) is -3.75. The van der Waals surface area contributed by atoms with E-state index in [4.69, 9.17) is 5.26 Å². The van der Waals surface area contributed by atoms with E-state index in [-0.39, 0.29) is 5.03 Å². The molecule has 0 saturated heterocycles. The minimum Gasteiger partial charge on any atom is -0.358 e. The molecular formula is C14H12N4O2S2. The standard InChI is InChI=1S/C14H12N4O2S2/c1-8-3-4-11(14-13(8)10(6-15)7-16-14)18-22(19,20)12-5-9(2)21-17-12/h3-5,7,16,18H,1-2H3. The first-order chi connectivity index (χ1) is 10.4. The molecule has 0 unspecified atom stereocenters. The molecule has 112 valence electrons. The second-order valence-electron chi connectivity index (χ2n) is 4.88. The number of aromatic nitrogens is 2. The number of benzene rings is 1. The third-order valence-electron chi connectivity index (χ3n) is 3.29. The van der Waals surface area contributed by atoms with Gasteiger partial charge in [-0.3, -0.25) is 4.72 Å². The topological polar surface area (TPSA) is 98.6 Å². The lowest BCUT2D eigenvalue weighted by Gasteiger charge is -2.08.